The molecule has 3 heteroatoms. The molecule has 3 nitrogen and oxygen atoms in total. The zero-order valence-corrected chi connectivity index (χ0v) is 8.94. The molecule has 0 amide bonds. The Balaban J connectivity index is 1.90. The standard InChI is InChI=1S/C12H16O3/c1-3-4-8-5-7(2)10-9(8)11(13)15-12(10)6-14-12/h3,7-10H,1,4-6H2,2H3. The van der Waals surface area contributed by atoms with Crippen molar-refractivity contribution in [2.24, 2.45) is 23.7 Å². The summed E-state index contributed by atoms with van der Waals surface area (Å²) in [5.74, 6) is 0.716. The lowest BCUT2D eigenvalue weighted by atomic mass is 9.85. The third-order valence-corrected chi connectivity index (χ3v) is 4.13. The van der Waals surface area contributed by atoms with Crippen LogP contribution in [0, 0.1) is 23.7 Å². The molecule has 2 saturated heterocycles. The Morgan fingerprint density at radius 3 is 3.00 bits per heavy atom. The lowest BCUT2D eigenvalue weighted by Gasteiger charge is -2.15. The molecule has 1 saturated carbocycles. The highest BCUT2D eigenvalue weighted by atomic mass is 16.8. The van der Waals surface area contributed by atoms with E-state index in [1.807, 2.05) is 6.08 Å². The maximum Gasteiger partial charge on any atom is 0.312 e. The first-order valence-corrected chi connectivity index (χ1v) is 5.65. The van der Waals surface area contributed by atoms with Crippen LogP contribution in [0.4, 0.5) is 0 Å². The summed E-state index contributed by atoms with van der Waals surface area (Å²) in [6.45, 7) is 6.56. The summed E-state index contributed by atoms with van der Waals surface area (Å²) in [5.41, 5.74) is 0. The first kappa shape index (κ1) is 9.40. The zero-order valence-electron chi connectivity index (χ0n) is 8.94. The monoisotopic (exact) mass is 208 g/mol. The number of esters is 1. The van der Waals surface area contributed by atoms with Crippen LogP contribution in [0.15, 0.2) is 12.7 Å². The highest BCUT2D eigenvalue weighted by molar-refractivity contribution is 5.77. The number of fused-ring (bicyclic) bond motifs is 2. The predicted octanol–water partition coefficient (Wildman–Crippen LogP) is 1.73. The molecule has 0 aromatic carbocycles. The summed E-state index contributed by atoms with van der Waals surface area (Å²) >= 11 is 0. The Kier molecular flexibility index (Phi) is 1.78. The van der Waals surface area contributed by atoms with Crippen molar-refractivity contribution in [3.8, 4) is 0 Å². The van der Waals surface area contributed by atoms with Gasteiger partial charge in [0.1, 0.15) is 6.61 Å². The van der Waals surface area contributed by atoms with E-state index in [4.69, 9.17) is 9.47 Å². The molecule has 2 aliphatic heterocycles. The first-order valence-electron chi connectivity index (χ1n) is 5.65. The molecule has 0 aromatic heterocycles. The first-order chi connectivity index (χ1) is 7.18. The maximum atomic E-state index is 11.8. The smallest absolute Gasteiger partial charge is 0.312 e. The molecule has 1 aliphatic carbocycles. The van der Waals surface area contributed by atoms with Crippen LogP contribution in [0.1, 0.15) is 19.8 Å². The fraction of sp³-hybridized carbons (Fsp3) is 0.750. The van der Waals surface area contributed by atoms with Gasteiger partial charge in [-0.3, -0.25) is 4.79 Å². The van der Waals surface area contributed by atoms with Crippen LogP contribution in [0.2, 0.25) is 0 Å². The Morgan fingerprint density at radius 1 is 1.67 bits per heavy atom. The number of hydrogen-bond acceptors (Lipinski definition) is 3. The number of allylic oxidation sites excluding steroid dienone is 1. The van der Waals surface area contributed by atoms with E-state index in [0.29, 0.717) is 18.4 Å². The number of rotatable bonds is 2. The Hall–Kier alpha value is -0.830. The van der Waals surface area contributed by atoms with E-state index in [1.54, 1.807) is 0 Å². The van der Waals surface area contributed by atoms with Crippen LogP contribution in [0.25, 0.3) is 0 Å². The zero-order chi connectivity index (χ0) is 10.6. The minimum Gasteiger partial charge on any atom is -0.430 e. The molecule has 5 atom stereocenters. The lowest BCUT2D eigenvalue weighted by Crippen LogP contribution is -2.25. The van der Waals surface area contributed by atoms with E-state index < -0.39 is 5.79 Å². The van der Waals surface area contributed by atoms with Crippen molar-refractivity contribution in [2.45, 2.75) is 25.6 Å². The summed E-state index contributed by atoms with van der Waals surface area (Å²) in [7, 11) is 0. The molecule has 0 N–H and O–H groups in total. The lowest BCUT2D eigenvalue weighted by molar-refractivity contribution is -0.152. The van der Waals surface area contributed by atoms with Crippen molar-refractivity contribution in [1.82, 2.24) is 0 Å². The van der Waals surface area contributed by atoms with Crippen molar-refractivity contribution in [2.75, 3.05) is 6.61 Å². The molecular formula is C12H16O3. The molecule has 3 rings (SSSR count). The summed E-state index contributed by atoms with van der Waals surface area (Å²) in [4.78, 5) is 11.8. The van der Waals surface area contributed by atoms with Crippen molar-refractivity contribution in [3.05, 3.63) is 12.7 Å². The van der Waals surface area contributed by atoms with E-state index in [-0.39, 0.29) is 17.8 Å². The highest BCUT2D eigenvalue weighted by Gasteiger charge is 2.70. The van der Waals surface area contributed by atoms with Crippen LogP contribution in [0.5, 0.6) is 0 Å². The highest BCUT2D eigenvalue weighted by Crippen LogP contribution is 2.59. The Morgan fingerprint density at radius 2 is 2.40 bits per heavy atom. The normalized spacial score (nSPS) is 51.7. The van der Waals surface area contributed by atoms with Gasteiger partial charge in [0.05, 0.1) is 5.92 Å². The van der Waals surface area contributed by atoms with E-state index in [2.05, 4.69) is 13.5 Å². The van der Waals surface area contributed by atoms with Crippen LogP contribution in [0.3, 0.4) is 0 Å². The fourth-order valence-electron chi connectivity index (χ4n) is 3.55. The number of carbonyl (C=O) groups excluding carboxylic acids is 1. The molecule has 15 heavy (non-hydrogen) atoms. The molecule has 5 unspecified atom stereocenters. The molecule has 0 bridgehead atoms. The van der Waals surface area contributed by atoms with Gasteiger partial charge in [0.15, 0.2) is 0 Å². The fourth-order valence-corrected chi connectivity index (χ4v) is 3.55. The summed E-state index contributed by atoms with van der Waals surface area (Å²) in [5, 5.41) is 0. The van der Waals surface area contributed by atoms with Crippen LogP contribution in [-0.2, 0) is 14.3 Å². The van der Waals surface area contributed by atoms with Crippen molar-refractivity contribution in [3.63, 3.8) is 0 Å². The number of ether oxygens (including phenoxy) is 2. The molecule has 82 valence electrons. The van der Waals surface area contributed by atoms with Crippen molar-refractivity contribution >= 4 is 5.97 Å². The molecule has 2 heterocycles. The van der Waals surface area contributed by atoms with Gasteiger partial charge in [-0.2, -0.15) is 0 Å². The van der Waals surface area contributed by atoms with Gasteiger partial charge in [-0.25, -0.2) is 0 Å². The molecule has 0 radical (unpaired) electrons. The summed E-state index contributed by atoms with van der Waals surface area (Å²) in [6, 6.07) is 0. The van der Waals surface area contributed by atoms with Crippen molar-refractivity contribution in [1.29, 1.82) is 0 Å². The van der Waals surface area contributed by atoms with Gasteiger partial charge < -0.3 is 9.47 Å². The number of hydrogen-bond donors (Lipinski definition) is 0. The minimum atomic E-state index is -0.517. The van der Waals surface area contributed by atoms with Gasteiger partial charge in [-0.05, 0) is 24.7 Å². The molecule has 0 aromatic rings. The van der Waals surface area contributed by atoms with Gasteiger partial charge >= 0.3 is 5.97 Å². The second-order valence-electron chi connectivity index (χ2n) is 5.07. The van der Waals surface area contributed by atoms with Crippen molar-refractivity contribution < 1.29 is 14.3 Å². The van der Waals surface area contributed by atoms with Crippen LogP contribution in [-0.4, -0.2) is 18.4 Å². The van der Waals surface area contributed by atoms with Gasteiger partial charge in [-0.1, -0.05) is 13.0 Å². The molecule has 3 fully saturated rings. The Bertz CT molecular complexity index is 319. The van der Waals surface area contributed by atoms with E-state index in [9.17, 15) is 4.79 Å². The van der Waals surface area contributed by atoms with Gasteiger partial charge in [0.25, 0.3) is 0 Å². The van der Waals surface area contributed by atoms with Gasteiger partial charge in [0.2, 0.25) is 5.79 Å². The van der Waals surface area contributed by atoms with Crippen LogP contribution >= 0.6 is 0 Å². The Labute approximate surface area is 89.4 Å². The average molecular weight is 208 g/mol. The molecule has 1 spiro atoms. The number of carbonyl (C=O) groups is 1. The van der Waals surface area contributed by atoms with Crippen LogP contribution < -0.4 is 0 Å². The summed E-state index contributed by atoms with van der Waals surface area (Å²) < 4.78 is 10.7. The molecule has 3 aliphatic rings. The summed E-state index contributed by atoms with van der Waals surface area (Å²) in [6.07, 6.45) is 3.92. The van der Waals surface area contributed by atoms with E-state index in [0.717, 1.165) is 12.8 Å². The third-order valence-electron chi connectivity index (χ3n) is 4.13. The molecular weight excluding hydrogens is 192 g/mol. The third kappa shape index (κ3) is 1.13. The largest absolute Gasteiger partial charge is 0.430 e. The quantitative estimate of drug-likeness (QED) is 0.394. The van der Waals surface area contributed by atoms with E-state index in [1.165, 1.54) is 0 Å². The SMILES string of the molecule is C=CCC1CC(C)C2C1C(=O)OC21CO1. The second-order valence-corrected chi connectivity index (χ2v) is 5.07. The minimum absolute atomic E-state index is 0.0475. The number of epoxide rings is 1. The maximum absolute atomic E-state index is 11.8. The van der Waals surface area contributed by atoms with E-state index >= 15 is 0 Å². The van der Waals surface area contributed by atoms with Gasteiger partial charge in [0, 0.05) is 5.92 Å². The van der Waals surface area contributed by atoms with Gasteiger partial charge in [-0.15, -0.1) is 6.58 Å². The topological polar surface area (TPSA) is 38.8 Å². The average Bonchev–Trinajstić information content (AvgIpc) is 2.75. The second kappa shape index (κ2) is 2.85. The predicted molar refractivity (Wildman–Crippen MR) is 53.8 cm³/mol.